The van der Waals surface area contributed by atoms with E-state index in [1.807, 2.05) is 13.8 Å². The first-order chi connectivity index (χ1) is 9.24. The van der Waals surface area contributed by atoms with Crippen LogP contribution in [0.15, 0.2) is 23.1 Å². The number of carbonyl (C=O) groups is 1. The van der Waals surface area contributed by atoms with Gasteiger partial charge in [-0.05, 0) is 31.5 Å². The highest BCUT2D eigenvalue weighted by Crippen LogP contribution is 2.21. The van der Waals surface area contributed by atoms with Gasteiger partial charge in [-0.3, -0.25) is 4.79 Å². The van der Waals surface area contributed by atoms with Crippen molar-refractivity contribution in [1.29, 1.82) is 0 Å². The molecule has 5 nitrogen and oxygen atoms in total. The van der Waals surface area contributed by atoms with Crippen molar-refractivity contribution in [1.82, 2.24) is 5.32 Å². The minimum absolute atomic E-state index is 0.0481. The van der Waals surface area contributed by atoms with Crippen LogP contribution in [0.4, 0.5) is 10.1 Å². The van der Waals surface area contributed by atoms with E-state index in [2.05, 4.69) is 10.6 Å². The van der Waals surface area contributed by atoms with Gasteiger partial charge in [0, 0.05) is 12.3 Å². The molecule has 1 rings (SSSR count). The SMILES string of the molecule is CCC(C)NC(=O)CNc1ccc(F)cc1S(C)(=O)=O. The Balaban J connectivity index is 2.81. The molecule has 1 amide bonds. The number of nitrogens with one attached hydrogen (secondary N) is 2. The molecular formula is C13H19FN2O3S. The summed E-state index contributed by atoms with van der Waals surface area (Å²) in [4.78, 5) is 11.5. The fourth-order valence-electron chi connectivity index (χ4n) is 1.55. The van der Waals surface area contributed by atoms with Crippen LogP contribution in [-0.4, -0.2) is 33.2 Å². The number of sulfone groups is 1. The normalized spacial score (nSPS) is 12.8. The molecule has 7 heteroatoms. The predicted molar refractivity (Wildman–Crippen MR) is 75.9 cm³/mol. The monoisotopic (exact) mass is 302 g/mol. The highest BCUT2D eigenvalue weighted by molar-refractivity contribution is 7.90. The van der Waals surface area contributed by atoms with Crippen molar-refractivity contribution in [3.8, 4) is 0 Å². The number of hydrogen-bond acceptors (Lipinski definition) is 4. The number of carbonyl (C=O) groups excluding carboxylic acids is 1. The van der Waals surface area contributed by atoms with Crippen LogP contribution in [0, 0.1) is 5.82 Å². The van der Waals surface area contributed by atoms with Crippen LogP contribution in [-0.2, 0) is 14.6 Å². The summed E-state index contributed by atoms with van der Waals surface area (Å²) < 4.78 is 36.3. The molecular weight excluding hydrogens is 283 g/mol. The van der Waals surface area contributed by atoms with Crippen molar-refractivity contribution >= 4 is 21.4 Å². The lowest BCUT2D eigenvalue weighted by Gasteiger charge is -2.14. The predicted octanol–water partition coefficient (Wildman–Crippen LogP) is 1.56. The summed E-state index contributed by atoms with van der Waals surface area (Å²) in [5, 5.41) is 5.46. The van der Waals surface area contributed by atoms with E-state index < -0.39 is 15.7 Å². The molecule has 0 saturated heterocycles. The van der Waals surface area contributed by atoms with E-state index in [9.17, 15) is 17.6 Å². The van der Waals surface area contributed by atoms with Gasteiger partial charge >= 0.3 is 0 Å². The smallest absolute Gasteiger partial charge is 0.239 e. The molecule has 0 saturated carbocycles. The standard InChI is InChI=1S/C13H19FN2O3S/c1-4-9(2)16-13(17)8-15-11-6-5-10(14)7-12(11)20(3,18)19/h5-7,9,15H,4,8H2,1-3H3,(H,16,17). The molecule has 20 heavy (non-hydrogen) atoms. The molecule has 2 N–H and O–H groups in total. The fourth-order valence-corrected chi connectivity index (χ4v) is 2.42. The van der Waals surface area contributed by atoms with Crippen molar-refractivity contribution in [2.24, 2.45) is 0 Å². The Morgan fingerprint density at radius 1 is 1.40 bits per heavy atom. The Morgan fingerprint density at radius 2 is 2.05 bits per heavy atom. The minimum atomic E-state index is -3.57. The summed E-state index contributed by atoms with van der Waals surface area (Å²) >= 11 is 0. The Kier molecular flexibility index (Phi) is 5.50. The van der Waals surface area contributed by atoms with Crippen LogP contribution in [0.5, 0.6) is 0 Å². The molecule has 1 unspecified atom stereocenters. The van der Waals surface area contributed by atoms with Crippen LogP contribution in [0.2, 0.25) is 0 Å². The first-order valence-corrected chi connectivity index (χ1v) is 8.16. The molecule has 0 bridgehead atoms. The van der Waals surface area contributed by atoms with Crippen LogP contribution in [0.25, 0.3) is 0 Å². The Morgan fingerprint density at radius 3 is 2.60 bits per heavy atom. The van der Waals surface area contributed by atoms with Crippen molar-refractivity contribution < 1.29 is 17.6 Å². The quantitative estimate of drug-likeness (QED) is 0.836. The van der Waals surface area contributed by atoms with Gasteiger partial charge in [-0.1, -0.05) is 6.92 Å². The lowest BCUT2D eigenvalue weighted by molar-refractivity contribution is -0.120. The summed E-state index contributed by atoms with van der Waals surface area (Å²) in [5.41, 5.74) is 0.216. The molecule has 1 aromatic carbocycles. The molecule has 0 aliphatic heterocycles. The highest BCUT2D eigenvalue weighted by atomic mass is 32.2. The number of hydrogen-bond donors (Lipinski definition) is 2. The molecule has 0 aliphatic carbocycles. The van der Waals surface area contributed by atoms with E-state index in [1.165, 1.54) is 6.07 Å². The van der Waals surface area contributed by atoms with Gasteiger partial charge in [0.1, 0.15) is 5.82 Å². The van der Waals surface area contributed by atoms with Crippen LogP contribution in [0.3, 0.4) is 0 Å². The lowest BCUT2D eigenvalue weighted by atomic mass is 10.2. The zero-order valence-electron chi connectivity index (χ0n) is 11.7. The van der Waals surface area contributed by atoms with Gasteiger partial charge < -0.3 is 10.6 Å². The molecule has 1 aromatic rings. The second-order valence-corrected chi connectivity index (χ2v) is 6.63. The molecule has 0 aromatic heterocycles. The molecule has 0 spiro atoms. The summed E-state index contributed by atoms with van der Waals surface area (Å²) in [6.07, 6.45) is 1.79. The average Bonchev–Trinajstić information content (AvgIpc) is 2.36. The van der Waals surface area contributed by atoms with Gasteiger partial charge in [0.2, 0.25) is 5.91 Å². The Hall–Kier alpha value is -1.63. The lowest BCUT2D eigenvalue weighted by Crippen LogP contribution is -2.36. The molecule has 0 heterocycles. The van der Waals surface area contributed by atoms with Gasteiger partial charge in [0.15, 0.2) is 9.84 Å². The van der Waals surface area contributed by atoms with E-state index >= 15 is 0 Å². The van der Waals surface area contributed by atoms with Gasteiger partial charge in [-0.25, -0.2) is 12.8 Å². The number of amides is 1. The summed E-state index contributed by atoms with van der Waals surface area (Å²) in [6.45, 7) is 3.75. The highest BCUT2D eigenvalue weighted by Gasteiger charge is 2.15. The number of halogens is 1. The van der Waals surface area contributed by atoms with Crippen LogP contribution < -0.4 is 10.6 Å². The van der Waals surface area contributed by atoms with Gasteiger partial charge in [-0.2, -0.15) is 0 Å². The molecule has 0 radical (unpaired) electrons. The van der Waals surface area contributed by atoms with Crippen LogP contribution in [0.1, 0.15) is 20.3 Å². The Bertz CT molecular complexity index is 587. The van der Waals surface area contributed by atoms with E-state index in [0.29, 0.717) is 0 Å². The average molecular weight is 302 g/mol. The molecule has 112 valence electrons. The fraction of sp³-hybridized carbons (Fsp3) is 0.462. The van der Waals surface area contributed by atoms with Crippen molar-refractivity contribution in [3.05, 3.63) is 24.0 Å². The summed E-state index contributed by atoms with van der Waals surface area (Å²) in [5.74, 6) is -0.886. The Labute approximate surface area is 118 Å². The second kappa shape index (κ2) is 6.69. The summed E-state index contributed by atoms with van der Waals surface area (Å²) in [7, 11) is -3.57. The molecule has 0 aliphatic rings. The largest absolute Gasteiger partial charge is 0.375 e. The first kappa shape index (κ1) is 16.4. The zero-order chi connectivity index (χ0) is 15.3. The van der Waals surface area contributed by atoms with E-state index in [0.717, 1.165) is 24.8 Å². The van der Waals surface area contributed by atoms with Crippen molar-refractivity contribution in [2.75, 3.05) is 18.1 Å². The van der Waals surface area contributed by atoms with E-state index in [4.69, 9.17) is 0 Å². The molecule has 0 fully saturated rings. The summed E-state index contributed by atoms with van der Waals surface area (Å²) in [6, 6.07) is 3.43. The maximum Gasteiger partial charge on any atom is 0.239 e. The minimum Gasteiger partial charge on any atom is -0.375 e. The third kappa shape index (κ3) is 4.80. The van der Waals surface area contributed by atoms with Crippen molar-refractivity contribution in [2.45, 2.75) is 31.2 Å². The number of rotatable bonds is 6. The van der Waals surface area contributed by atoms with Gasteiger partial charge in [0.25, 0.3) is 0 Å². The van der Waals surface area contributed by atoms with E-state index in [-0.39, 0.29) is 29.1 Å². The third-order valence-electron chi connectivity index (χ3n) is 2.80. The topological polar surface area (TPSA) is 75.3 Å². The first-order valence-electron chi connectivity index (χ1n) is 6.27. The van der Waals surface area contributed by atoms with Gasteiger partial charge in [0.05, 0.1) is 17.1 Å². The maximum absolute atomic E-state index is 13.1. The maximum atomic E-state index is 13.1. The van der Waals surface area contributed by atoms with Crippen LogP contribution >= 0.6 is 0 Å². The molecule has 1 atom stereocenters. The zero-order valence-corrected chi connectivity index (χ0v) is 12.6. The van der Waals surface area contributed by atoms with E-state index in [1.54, 1.807) is 0 Å². The van der Waals surface area contributed by atoms with Crippen molar-refractivity contribution in [3.63, 3.8) is 0 Å². The number of anilines is 1. The van der Waals surface area contributed by atoms with Gasteiger partial charge in [-0.15, -0.1) is 0 Å². The third-order valence-corrected chi connectivity index (χ3v) is 3.94. The number of benzene rings is 1. The second-order valence-electron chi connectivity index (χ2n) is 4.64.